The molecule has 3 rings (SSSR count). The molecule has 2 fully saturated rings. The van der Waals surface area contributed by atoms with Crippen LogP contribution in [0.25, 0.3) is 0 Å². The van der Waals surface area contributed by atoms with Crippen molar-refractivity contribution in [2.24, 2.45) is 0 Å². The van der Waals surface area contributed by atoms with Gasteiger partial charge < -0.3 is 15.1 Å². The van der Waals surface area contributed by atoms with Crippen LogP contribution in [-0.4, -0.2) is 77.2 Å². The van der Waals surface area contributed by atoms with Crippen LogP contribution >= 0.6 is 0 Å². The Morgan fingerprint density at radius 1 is 1.07 bits per heavy atom. The lowest BCUT2D eigenvalue weighted by molar-refractivity contribution is -0.142. The van der Waals surface area contributed by atoms with Gasteiger partial charge in [0.1, 0.15) is 0 Å². The third kappa shape index (κ3) is 5.15. The molecule has 0 aliphatic carbocycles. The summed E-state index contributed by atoms with van der Waals surface area (Å²) >= 11 is 0. The smallest absolute Gasteiger partial charge is 0.253 e. The first-order valence-corrected chi connectivity index (χ1v) is 10.5. The molecule has 1 N–H and O–H groups in total. The number of carbonyl (C=O) groups is 3. The predicted molar refractivity (Wildman–Crippen MR) is 111 cm³/mol. The molecule has 0 unspecified atom stereocenters. The summed E-state index contributed by atoms with van der Waals surface area (Å²) in [6.07, 6.45) is 1.95. The molecule has 1 aromatic rings. The molecule has 0 radical (unpaired) electrons. The van der Waals surface area contributed by atoms with Gasteiger partial charge in [0.15, 0.2) is 0 Å². The van der Waals surface area contributed by atoms with Crippen LogP contribution in [0.4, 0.5) is 0 Å². The average molecular weight is 401 g/mol. The number of carbonyl (C=O) groups excluding carboxylic acids is 3. The molecule has 2 saturated heterocycles. The molecule has 29 heavy (non-hydrogen) atoms. The van der Waals surface area contributed by atoms with Gasteiger partial charge in [-0.1, -0.05) is 12.1 Å². The van der Waals surface area contributed by atoms with Crippen molar-refractivity contribution in [3.63, 3.8) is 0 Å². The van der Waals surface area contributed by atoms with Crippen molar-refractivity contribution in [2.75, 3.05) is 32.7 Å². The van der Waals surface area contributed by atoms with E-state index in [9.17, 15) is 14.4 Å². The van der Waals surface area contributed by atoms with Gasteiger partial charge in [-0.15, -0.1) is 0 Å². The van der Waals surface area contributed by atoms with E-state index in [0.717, 1.165) is 38.0 Å². The summed E-state index contributed by atoms with van der Waals surface area (Å²) in [7, 11) is 0. The van der Waals surface area contributed by atoms with E-state index in [1.807, 2.05) is 34.1 Å². The number of benzene rings is 1. The molecule has 0 bridgehead atoms. The molecule has 2 aliphatic rings. The Morgan fingerprint density at radius 2 is 1.72 bits per heavy atom. The molecule has 1 aromatic carbocycles. The Kier molecular flexibility index (Phi) is 6.90. The lowest BCUT2D eigenvalue weighted by Gasteiger charge is -2.43. The van der Waals surface area contributed by atoms with E-state index in [4.69, 9.17) is 0 Å². The van der Waals surface area contributed by atoms with Crippen molar-refractivity contribution in [1.82, 2.24) is 20.0 Å². The predicted octanol–water partition coefficient (Wildman–Crippen LogP) is 1.48. The van der Waals surface area contributed by atoms with Gasteiger partial charge in [0, 0.05) is 57.8 Å². The number of rotatable bonds is 5. The second-order valence-electron chi connectivity index (χ2n) is 8.22. The monoisotopic (exact) mass is 400 g/mol. The van der Waals surface area contributed by atoms with Crippen LogP contribution in [0.5, 0.6) is 0 Å². The fraction of sp³-hybridized carbons (Fsp3) is 0.591. The highest BCUT2D eigenvalue weighted by molar-refractivity contribution is 5.94. The lowest BCUT2D eigenvalue weighted by atomic mass is 10.0. The van der Waals surface area contributed by atoms with Crippen LogP contribution in [0.2, 0.25) is 0 Å². The number of piperidine rings is 1. The van der Waals surface area contributed by atoms with E-state index in [1.165, 1.54) is 6.92 Å². The molecule has 1 atom stereocenters. The molecule has 2 aliphatic heterocycles. The van der Waals surface area contributed by atoms with E-state index >= 15 is 0 Å². The zero-order chi connectivity index (χ0) is 21.0. The minimum absolute atomic E-state index is 0.0227. The first-order chi connectivity index (χ1) is 13.9. The Hall–Kier alpha value is -2.41. The van der Waals surface area contributed by atoms with Gasteiger partial charge in [-0.2, -0.15) is 0 Å². The van der Waals surface area contributed by atoms with Gasteiger partial charge in [0.25, 0.3) is 5.91 Å². The van der Waals surface area contributed by atoms with E-state index in [-0.39, 0.29) is 29.8 Å². The minimum atomic E-state index is -0.0732. The second kappa shape index (κ2) is 9.39. The highest BCUT2D eigenvalue weighted by atomic mass is 16.2. The summed E-state index contributed by atoms with van der Waals surface area (Å²) in [4.78, 5) is 42.7. The third-order valence-electron chi connectivity index (χ3n) is 5.85. The van der Waals surface area contributed by atoms with E-state index < -0.39 is 0 Å². The van der Waals surface area contributed by atoms with Crippen molar-refractivity contribution in [3.05, 3.63) is 35.4 Å². The van der Waals surface area contributed by atoms with Crippen molar-refractivity contribution in [3.8, 4) is 0 Å². The quantitative estimate of drug-likeness (QED) is 0.813. The number of hydrogen-bond donors (Lipinski definition) is 1. The van der Waals surface area contributed by atoms with Gasteiger partial charge in [-0.25, -0.2) is 0 Å². The maximum absolute atomic E-state index is 12.8. The van der Waals surface area contributed by atoms with Crippen molar-refractivity contribution < 1.29 is 14.4 Å². The molecule has 0 saturated carbocycles. The first-order valence-electron chi connectivity index (χ1n) is 10.5. The Labute approximate surface area is 173 Å². The standard InChI is InChI=1S/C22H32N4O3/c1-16(2)26-10-4-5-20(22(26)29)24-11-13-25(14-12-24)21(28)19-8-6-18(7-9-19)15-23-17(3)27/h6-9,16,20H,4-5,10-15H2,1-3H3,(H,23,27)/t20-/m0/s1. The fourth-order valence-electron chi connectivity index (χ4n) is 4.14. The van der Waals surface area contributed by atoms with Crippen LogP contribution in [-0.2, 0) is 16.1 Å². The molecule has 3 amide bonds. The van der Waals surface area contributed by atoms with Gasteiger partial charge in [0.2, 0.25) is 11.8 Å². The van der Waals surface area contributed by atoms with E-state index in [1.54, 1.807) is 0 Å². The molecule has 158 valence electrons. The molecule has 2 heterocycles. The molecule has 7 heteroatoms. The highest BCUT2D eigenvalue weighted by Gasteiger charge is 2.36. The van der Waals surface area contributed by atoms with Gasteiger partial charge in [-0.05, 0) is 44.4 Å². The van der Waals surface area contributed by atoms with Crippen molar-refractivity contribution in [1.29, 1.82) is 0 Å². The first kappa shape index (κ1) is 21.3. The molecule has 0 aromatic heterocycles. The SMILES string of the molecule is CC(=O)NCc1ccc(C(=O)N2CCN([C@H]3CCCN(C(C)C)C3=O)CC2)cc1. The Balaban J connectivity index is 1.54. The van der Waals surface area contributed by atoms with E-state index in [2.05, 4.69) is 24.1 Å². The van der Waals surface area contributed by atoms with Gasteiger partial charge in [-0.3, -0.25) is 19.3 Å². The molecular weight excluding hydrogens is 368 g/mol. The zero-order valence-electron chi connectivity index (χ0n) is 17.7. The maximum Gasteiger partial charge on any atom is 0.253 e. The average Bonchev–Trinajstić information content (AvgIpc) is 2.72. The van der Waals surface area contributed by atoms with Crippen LogP contribution in [0, 0.1) is 0 Å². The van der Waals surface area contributed by atoms with Gasteiger partial charge in [0.05, 0.1) is 6.04 Å². The maximum atomic E-state index is 12.8. The Bertz CT molecular complexity index is 739. The summed E-state index contributed by atoms with van der Waals surface area (Å²) < 4.78 is 0. The largest absolute Gasteiger partial charge is 0.352 e. The fourth-order valence-corrected chi connectivity index (χ4v) is 4.14. The molecular formula is C22H32N4O3. The van der Waals surface area contributed by atoms with Crippen LogP contribution in [0.15, 0.2) is 24.3 Å². The van der Waals surface area contributed by atoms with Crippen LogP contribution < -0.4 is 5.32 Å². The number of piperazine rings is 1. The van der Waals surface area contributed by atoms with Gasteiger partial charge >= 0.3 is 0 Å². The molecule has 7 nitrogen and oxygen atoms in total. The van der Waals surface area contributed by atoms with E-state index in [0.29, 0.717) is 25.2 Å². The Morgan fingerprint density at radius 3 is 2.31 bits per heavy atom. The topological polar surface area (TPSA) is 73.0 Å². The number of amides is 3. The summed E-state index contributed by atoms with van der Waals surface area (Å²) in [5.41, 5.74) is 1.62. The minimum Gasteiger partial charge on any atom is -0.352 e. The molecule has 0 spiro atoms. The normalized spacial score (nSPS) is 20.8. The summed E-state index contributed by atoms with van der Waals surface area (Å²) in [5.74, 6) is 0.186. The third-order valence-corrected chi connectivity index (χ3v) is 5.85. The van der Waals surface area contributed by atoms with Crippen molar-refractivity contribution in [2.45, 2.75) is 52.2 Å². The number of nitrogens with zero attached hydrogens (tertiary/aromatic N) is 3. The number of likely N-dealkylation sites (tertiary alicyclic amines) is 1. The van der Waals surface area contributed by atoms with Crippen LogP contribution in [0.1, 0.15) is 49.5 Å². The highest BCUT2D eigenvalue weighted by Crippen LogP contribution is 2.21. The van der Waals surface area contributed by atoms with Crippen LogP contribution in [0.3, 0.4) is 0 Å². The van der Waals surface area contributed by atoms with Crippen molar-refractivity contribution >= 4 is 17.7 Å². The lowest BCUT2D eigenvalue weighted by Crippen LogP contribution is -2.59. The number of hydrogen-bond acceptors (Lipinski definition) is 4. The summed E-state index contributed by atoms with van der Waals surface area (Å²) in [6.45, 7) is 9.67. The second-order valence-corrected chi connectivity index (χ2v) is 8.22. The summed E-state index contributed by atoms with van der Waals surface area (Å²) in [6, 6.07) is 7.58. The number of nitrogens with one attached hydrogen (secondary N) is 1. The zero-order valence-corrected chi connectivity index (χ0v) is 17.7. The summed E-state index contributed by atoms with van der Waals surface area (Å²) in [5, 5.41) is 2.75.